The summed E-state index contributed by atoms with van der Waals surface area (Å²) in [6.07, 6.45) is 1.90. The summed E-state index contributed by atoms with van der Waals surface area (Å²) in [5, 5.41) is 0. The van der Waals surface area contributed by atoms with Gasteiger partial charge < -0.3 is 38.1 Å². The molecule has 4 atom stereocenters. The highest BCUT2D eigenvalue weighted by Crippen LogP contribution is 2.19. The van der Waals surface area contributed by atoms with Crippen LogP contribution in [0.3, 0.4) is 0 Å². The number of amides is 1. The molecule has 4 unspecified atom stereocenters. The lowest BCUT2D eigenvalue weighted by atomic mass is 10.0. The first kappa shape index (κ1) is 67.5. The lowest BCUT2D eigenvalue weighted by molar-refractivity contribution is -0.169. The van der Waals surface area contributed by atoms with Gasteiger partial charge in [0.1, 0.15) is 32.0 Å². The fourth-order valence-electron chi connectivity index (χ4n) is 8.46. The first-order chi connectivity index (χ1) is 38.9. The van der Waals surface area contributed by atoms with Crippen molar-refractivity contribution in [2.24, 2.45) is 23.7 Å². The molecule has 0 radical (unpaired) electrons. The van der Waals surface area contributed by atoms with Crippen LogP contribution in [0.4, 0.5) is 4.79 Å². The second kappa shape index (κ2) is 35.1. The molecule has 448 valence electrons. The van der Waals surface area contributed by atoms with E-state index >= 15 is 0 Å². The van der Waals surface area contributed by atoms with Crippen LogP contribution in [0, 0.1) is 51.4 Å². The van der Waals surface area contributed by atoms with Gasteiger partial charge in [0.15, 0.2) is 12.2 Å². The number of esters is 6. The molecule has 0 bridgehead atoms. The van der Waals surface area contributed by atoms with Crippen molar-refractivity contribution >= 4 is 41.9 Å². The van der Waals surface area contributed by atoms with Crippen molar-refractivity contribution in [1.29, 1.82) is 0 Å². The van der Waals surface area contributed by atoms with E-state index in [1.807, 2.05) is 125 Å². The van der Waals surface area contributed by atoms with Crippen LogP contribution in [0.5, 0.6) is 0 Å². The third-order valence-electron chi connectivity index (χ3n) is 14.1. The van der Waals surface area contributed by atoms with Gasteiger partial charge in [0.2, 0.25) is 0 Å². The Hall–Kier alpha value is -7.03. The number of ether oxygens (including phenoxy) is 7. The van der Waals surface area contributed by atoms with Gasteiger partial charge in [0.05, 0.1) is 23.7 Å². The molecule has 0 aliphatic rings. The van der Waals surface area contributed by atoms with Crippen LogP contribution >= 0.6 is 0 Å². The van der Waals surface area contributed by atoms with Gasteiger partial charge >= 0.3 is 41.9 Å². The summed E-state index contributed by atoms with van der Waals surface area (Å²) in [6.45, 7) is 19.1. The number of nitrogens with zero attached hydrogens (tertiary/aromatic N) is 1. The summed E-state index contributed by atoms with van der Waals surface area (Å²) in [5.41, 5.74) is 8.08. The lowest BCUT2D eigenvalue weighted by Crippen LogP contribution is -2.38. The summed E-state index contributed by atoms with van der Waals surface area (Å²) in [6, 6.07) is 32.4. The van der Waals surface area contributed by atoms with E-state index in [0.717, 1.165) is 44.5 Å². The first-order valence-electron chi connectivity index (χ1n) is 29.2. The molecular formula is C67H91NO14. The summed E-state index contributed by atoms with van der Waals surface area (Å²) >= 11 is 0. The molecular weight excluding hydrogens is 1040 g/mol. The zero-order chi connectivity index (χ0) is 60.2. The van der Waals surface area contributed by atoms with Crippen LogP contribution in [0.25, 0.3) is 0 Å². The Morgan fingerprint density at radius 3 is 0.878 bits per heavy atom. The van der Waals surface area contributed by atoms with Crippen LogP contribution < -0.4 is 0 Å². The molecule has 0 fully saturated rings. The van der Waals surface area contributed by atoms with Gasteiger partial charge in [0, 0.05) is 25.9 Å². The Kier molecular flexibility index (Phi) is 28.9. The largest absolute Gasteiger partial charge is 0.461 e. The predicted molar refractivity (Wildman–Crippen MR) is 315 cm³/mol. The lowest BCUT2D eigenvalue weighted by Gasteiger charge is -2.27. The Balaban J connectivity index is 1.35. The smallest absolute Gasteiger partial charge is 0.410 e. The average Bonchev–Trinajstić information content (AvgIpc) is 3.44. The minimum atomic E-state index is -1.10. The topological polar surface area (TPSA) is 187 Å². The van der Waals surface area contributed by atoms with E-state index in [1.54, 1.807) is 48.5 Å². The highest BCUT2D eigenvalue weighted by Gasteiger charge is 2.28. The average molecular weight is 1130 g/mol. The Bertz CT molecular complexity index is 2300. The van der Waals surface area contributed by atoms with E-state index in [2.05, 4.69) is 0 Å². The summed E-state index contributed by atoms with van der Waals surface area (Å²) in [5.74, 6) is -5.07. The standard InChI is InChI=1S/C67H91NO14/c1-46-16-28-54(29-17-46)36-24-50(5)62(71)76-42-58(43-77-63(72)51(6)25-37-55-30-18-47(2)19-31-55)80-60(69)14-12-40-68(66(75)82-67(9,10)11)41-13-15-61(70)81-59(44-78-64(73)52(7)26-38-56-32-20-48(3)21-33-56)45-79-65(74)53(8)27-39-57-34-22-49(4)23-35-57/h16-23,28-35,50-53,58-59H,12-15,24-27,36-45H2,1-11H3. The molecule has 4 rings (SSSR count). The highest BCUT2D eigenvalue weighted by atomic mass is 16.6. The summed E-state index contributed by atoms with van der Waals surface area (Å²) in [7, 11) is 0. The zero-order valence-corrected chi connectivity index (χ0v) is 50.6. The maximum Gasteiger partial charge on any atom is 0.410 e. The molecule has 82 heavy (non-hydrogen) atoms. The van der Waals surface area contributed by atoms with Crippen LogP contribution in [0.1, 0.15) is 144 Å². The number of aryl methyl sites for hydroxylation is 8. The van der Waals surface area contributed by atoms with Gasteiger partial charge in [-0.3, -0.25) is 28.8 Å². The normalized spacial score (nSPS) is 13.5. The van der Waals surface area contributed by atoms with E-state index in [1.165, 1.54) is 4.90 Å². The Morgan fingerprint density at radius 2 is 0.646 bits per heavy atom. The molecule has 0 spiro atoms. The van der Waals surface area contributed by atoms with Gasteiger partial charge in [-0.15, -0.1) is 0 Å². The number of carbonyl (C=O) groups is 7. The van der Waals surface area contributed by atoms with E-state index in [0.29, 0.717) is 51.4 Å². The molecule has 4 aromatic carbocycles. The van der Waals surface area contributed by atoms with E-state index in [4.69, 9.17) is 33.2 Å². The van der Waals surface area contributed by atoms with Gasteiger partial charge in [-0.05, 0) is 135 Å². The van der Waals surface area contributed by atoms with Gasteiger partial charge in [-0.25, -0.2) is 4.79 Å². The molecule has 0 N–H and O–H groups in total. The third kappa shape index (κ3) is 27.2. The molecule has 0 heterocycles. The zero-order valence-electron chi connectivity index (χ0n) is 50.6. The van der Waals surface area contributed by atoms with Crippen LogP contribution in [0.15, 0.2) is 97.1 Å². The molecule has 0 aromatic heterocycles. The molecule has 0 aliphatic carbocycles. The van der Waals surface area contributed by atoms with E-state index < -0.39 is 83.4 Å². The van der Waals surface area contributed by atoms with Crippen molar-refractivity contribution in [3.05, 3.63) is 142 Å². The maximum absolute atomic E-state index is 13.5. The SMILES string of the molecule is Cc1ccc(CCC(C)C(=O)OCC(COC(=O)C(C)CCc2ccc(C)cc2)OC(=O)CCCN(CCCC(=O)OC(COC(=O)C(C)CCc2ccc(C)cc2)COC(=O)C(C)CCc2ccc(C)cc2)C(=O)OC(C)(C)C)cc1. The molecule has 15 heteroatoms. The molecule has 0 aliphatic heterocycles. The molecule has 0 saturated carbocycles. The minimum absolute atomic E-state index is 0.0451. The quantitative estimate of drug-likeness (QED) is 0.0317. The van der Waals surface area contributed by atoms with E-state index in [9.17, 15) is 33.6 Å². The second-order valence-corrected chi connectivity index (χ2v) is 23.1. The highest BCUT2D eigenvalue weighted by molar-refractivity contribution is 5.74. The van der Waals surface area contributed by atoms with Crippen molar-refractivity contribution in [3.63, 3.8) is 0 Å². The van der Waals surface area contributed by atoms with Crippen LogP contribution in [0.2, 0.25) is 0 Å². The maximum atomic E-state index is 13.5. The second-order valence-electron chi connectivity index (χ2n) is 23.1. The number of hydrogen-bond donors (Lipinski definition) is 0. The summed E-state index contributed by atoms with van der Waals surface area (Å²) in [4.78, 5) is 94.6. The van der Waals surface area contributed by atoms with Crippen molar-refractivity contribution in [3.8, 4) is 0 Å². The fourth-order valence-corrected chi connectivity index (χ4v) is 8.46. The molecule has 0 saturated heterocycles. The van der Waals surface area contributed by atoms with Crippen LogP contribution in [-0.4, -0.2) is 104 Å². The predicted octanol–water partition coefficient (Wildman–Crippen LogP) is 12.1. The number of carbonyl (C=O) groups excluding carboxylic acids is 7. The summed E-state index contributed by atoms with van der Waals surface area (Å²) < 4.78 is 39.8. The molecule has 15 nitrogen and oxygen atoms in total. The molecule has 1 amide bonds. The Labute approximate surface area is 487 Å². The number of hydrogen-bond acceptors (Lipinski definition) is 14. The monoisotopic (exact) mass is 1130 g/mol. The van der Waals surface area contributed by atoms with Gasteiger partial charge in [-0.2, -0.15) is 0 Å². The Morgan fingerprint density at radius 1 is 0.402 bits per heavy atom. The van der Waals surface area contributed by atoms with E-state index in [-0.39, 0.29) is 65.2 Å². The van der Waals surface area contributed by atoms with Crippen molar-refractivity contribution in [1.82, 2.24) is 4.90 Å². The third-order valence-corrected chi connectivity index (χ3v) is 14.1. The van der Waals surface area contributed by atoms with Crippen molar-refractivity contribution in [2.45, 2.75) is 171 Å². The van der Waals surface area contributed by atoms with Gasteiger partial charge in [0.25, 0.3) is 0 Å². The first-order valence-corrected chi connectivity index (χ1v) is 29.2. The molecule has 4 aromatic rings. The van der Waals surface area contributed by atoms with Crippen molar-refractivity contribution in [2.75, 3.05) is 39.5 Å². The number of rotatable bonds is 34. The number of benzene rings is 4. The minimum Gasteiger partial charge on any atom is -0.461 e. The van der Waals surface area contributed by atoms with Gasteiger partial charge in [-0.1, -0.05) is 147 Å². The van der Waals surface area contributed by atoms with Crippen molar-refractivity contribution < 1.29 is 66.7 Å². The van der Waals surface area contributed by atoms with Crippen LogP contribution in [-0.2, 0) is 87.6 Å². The fraction of sp³-hybridized carbons (Fsp3) is 0.537.